The molecule has 1 heterocycles. The lowest BCUT2D eigenvalue weighted by atomic mass is 10.2. The minimum atomic E-state index is -0.622. The van der Waals surface area contributed by atoms with Crippen molar-refractivity contribution in [3.8, 4) is 6.07 Å². The molecule has 0 saturated heterocycles. The molecule has 1 N–H and O–H groups in total. The molecule has 0 spiro atoms. The van der Waals surface area contributed by atoms with Crippen LogP contribution in [0.4, 0.5) is 10.7 Å². The third kappa shape index (κ3) is 2.29. The van der Waals surface area contributed by atoms with E-state index in [2.05, 4.69) is 10.1 Å². The number of rotatable bonds is 2. The molecule has 1 rings (SSSR count). The molecule has 1 amide bonds. The molecule has 80 valence electrons. The highest BCUT2D eigenvalue weighted by Crippen LogP contribution is 2.25. The molecule has 5 heteroatoms. The Morgan fingerprint density at radius 1 is 1.60 bits per heavy atom. The zero-order valence-corrected chi connectivity index (χ0v) is 8.88. The molecule has 1 aromatic rings. The van der Waals surface area contributed by atoms with Gasteiger partial charge in [-0.15, -0.1) is 0 Å². The van der Waals surface area contributed by atoms with Crippen LogP contribution in [0.2, 0.25) is 0 Å². The highest BCUT2D eigenvalue weighted by atomic mass is 16.5. The second kappa shape index (κ2) is 4.51. The summed E-state index contributed by atoms with van der Waals surface area (Å²) in [6.07, 6.45) is -0.622. The summed E-state index contributed by atoms with van der Waals surface area (Å²) >= 11 is 0. The van der Waals surface area contributed by atoms with Gasteiger partial charge in [0.1, 0.15) is 17.4 Å². The van der Waals surface area contributed by atoms with Crippen molar-refractivity contribution < 1.29 is 13.9 Å². The van der Waals surface area contributed by atoms with Crippen molar-refractivity contribution in [3.05, 3.63) is 16.9 Å². The monoisotopic (exact) mass is 208 g/mol. The Morgan fingerprint density at radius 2 is 2.27 bits per heavy atom. The maximum Gasteiger partial charge on any atom is 0.414 e. The number of amides is 1. The Kier molecular flexibility index (Phi) is 3.34. The Balaban J connectivity index is 2.91. The number of carbonyl (C=O) groups is 1. The number of nitrogens with one attached hydrogen (secondary N) is 1. The fourth-order valence-electron chi connectivity index (χ4n) is 1.11. The Bertz CT molecular complexity index is 415. The Morgan fingerprint density at radius 3 is 2.80 bits per heavy atom. The number of anilines is 1. The molecule has 0 aliphatic carbocycles. The average molecular weight is 208 g/mol. The Labute approximate surface area is 87.6 Å². The van der Waals surface area contributed by atoms with Gasteiger partial charge in [-0.1, -0.05) is 0 Å². The quantitative estimate of drug-likeness (QED) is 0.809. The maximum atomic E-state index is 11.1. The SMILES string of the molecule is CCOC(=O)Nc1oc(C)c(C)c1C#N. The van der Waals surface area contributed by atoms with Crippen LogP contribution in [0.5, 0.6) is 0 Å². The lowest BCUT2D eigenvalue weighted by Gasteiger charge is -2.01. The van der Waals surface area contributed by atoms with Crippen LogP contribution in [0.25, 0.3) is 0 Å². The second-order valence-electron chi connectivity index (χ2n) is 2.94. The fraction of sp³-hybridized carbons (Fsp3) is 0.400. The van der Waals surface area contributed by atoms with E-state index in [9.17, 15) is 4.79 Å². The molecule has 5 nitrogen and oxygen atoms in total. The number of aryl methyl sites for hydroxylation is 1. The largest absolute Gasteiger partial charge is 0.450 e. The molecule has 15 heavy (non-hydrogen) atoms. The zero-order valence-electron chi connectivity index (χ0n) is 8.88. The third-order valence-electron chi connectivity index (χ3n) is 1.99. The molecule has 0 aliphatic rings. The summed E-state index contributed by atoms with van der Waals surface area (Å²) in [4.78, 5) is 11.1. The van der Waals surface area contributed by atoms with E-state index in [1.165, 1.54) is 0 Å². The summed E-state index contributed by atoms with van der Waals surface area (Å²) in [5, 5.41) is 11.2. The normalized spacial score (nSPS) is 9.47. The van der Waals surface area contributed by atoms with E-state index in [1.807, 2.05) is 6.07 Å². The van der Waals surface area contributed by atoms with E-state index < -0.39 is 6.09 Å². The van der Waals surface area contributed by atoms with Crippen LogP contribution in [0.15, 0.2) is 4.42 Å². The smallest absolute Gasteiger partial charge is 0.414 e. The van der Waals surface area contributed by atoms with E-state index in [-0.39, 0.29) is 12.5 Å². The summed E-state index contributed by atoms with van der Waals surface area (Å²) < 4.78 is 9.89. The summed E-state index contributed by atoms with van der Waals surface area (Å²) in [7, 11) is 0. The molecule has 0 saturated carbocycles. The van der Waals surface area contributed by atoms with Gasteiger partial charge in [0, 0.05) is 5.56 Å². The summed E-state index contributed by atoms with van der Waals surface area (Å²) in [5.74, 6) is 0.754. The lowest BCUT2D eigenvalue weighted by molar-refractivity contribution is 0.167. The van der Waals surface area contributed by atoms with Crippen LogP contribution in [-0.4, -0.2) is 12.7 Å². The van der Waals surface area contributed by atoms with E-state index >= 15 is 0 Å². The molecule has 0 aromatic carbocycles. The average Bonchev–Trinajstić information content (AvgIpc) is 2.42. The first kappa shape index (κ1) is 11.1. The number of carbonyl (C=O) groups excluding carboxylic acids is 1. The standard InChI is InChI=1S/C10H12N2O3/c1-4-14-10(13)12-9-8(5-11)6(2)7(3)15-9/h4H2,1-3H3,(H,12,13). The van der Waals surface area contributed by atoms with Gasteiger partial charge in [-0.05, 0) is 20.8 Å². The first-order valence-corrected chi connectivity index (χ1v) is 4.54. The van der Waals surface area contributed by atoms with Crippen molar-refractivity contribution in [1.82, 2.24) is 0 Å². The zero-order chi connectivity index (χ0) is 11.4. The molecule has 0 fully saturated rings. The van der Waals surface area contributed by atoms with Gasteiger partial charge >= 0.3 is 6.09 Å². The molecule has 0 bridgehead atoms. The van der Waals surface area contributed by atoms with Crippen molar-refractivity contribution >= 4 is 12.0 Å². The highest BCUT2D eigenvalue weighted by Gasteiger charge is 2.16. The number of hydrogen-bond donors (Lipinski definition) is 1. The van der Waals surface area contributed by atoms with Gasteiger partial charge in [0.25, 0.3) is 0 Å². The van der Waals surface area contributed by atoms with Gasteiger partial charge in [-0.25, -0.2) is 4.79 Å². The van der Waals surface area contributed by atoms with Gasteiger partial charge in [-0.3, -0.25) is 5.32 Å². The number of nitriles is 1. The van der Waals surface area contributed by atoms with Gasteiger partial charge in [0.2, 0.25) is 5.88 Å². The van der Waals surface area contributed by atoms with Gasteiger partial charge in [0.05, 0.1) is 6.61 Å². The van der Waals surface area contributed by atoms with Crippen LogP contribution in [0.1, 0.15) is 23.8 Å². The molecule has 0 atom stereocenters. The third-order valence-corrected chi connectivity index (χ3v) is 1.99. The van der Waals surface area contributed by atoms with Crippen molar-refractivity contribution in [3.63, 3.8) is 0 Å². The number of ether oxygens (including phenoxy) is 1. The van der Waals surface area contributed by atoms with Gasteiger partial charge in [0.15, 0.2) is 0 Å². The number of furan rings is 1. The minimum Gasteiger partial charge on any atom is -0.450 e. The summed E-state index contributed by atoms with van der Waals surface area (Å²) in [6, 6.07) is 1.97. The minimum absolute atomic E-state index is 0.144. The van der Waals surface area contributed by atoms with Crippen LogP contribution in [0.3, 0.4) is 0 Å². The first-order chi connectivity index (χ1) is 7.10. The van der Waals surface area contributed by atoms with Gasteiger partial charge in [-0.2, -0.15) is 5.26 Å². The van der Waals surface area contributed by atoms with Crippen LogP contribution >= 0.6 is 0 Å². The van der Waals surface area contributed by atoms with Crippen molar-refractivity contribution in [2.24, 2.45) is 0 Å². The van der Waals surface area contributed by atoms with E-state index in [1.54, 1.807) is 20.8 Å². The highest BCUT2D eigenvalue weighted by molar-refractivity contribution is 5.84. The molecule has 1 aromatic heterocycles. The maximum absolute atomic E-state index is 11.1. The predicted molar refractivity (Wildman–Crippen MR) is 53.5 cm³/mol. The van der Waals surface area contributed by atoms with Gasteiger partial charge < -0.3 is 9.15 Å². The molecular weight excluding hydrogens is 196 g/mol. The van der Waals surface area contributed by atoms with E-state index in [0.29, 0.717) is 11.3 Å². The van der Waals surface area contributed by atoms with Crippen molar-refractivity contribution in [2.75, 3.05) is 11.9 Å². The molecular formula is C10H12N2O3. The molecule has 0 radical (unpaired) electrons. The van der Waals surface area contributed by atoms with Crippen LogP contribution in [-0.2, 0) is 4.74 Å². The van der Waals surface area contributed by atoms with E-state index in [4.69, 9.17) is 9.68 Å². The lowest BCUT2D eigenvalue weighted by Crippen LogP contribution is -2.13. The number of nitrogens with zero attached hydrogens (tertiary/aromatic N) is 1. The van der Waals surface area contributed by atoms with Crippen molar-refractivity contribution in [2.45, 2.75) is 20.8 Å². The topological polar surface area (TPSA) is 75.3 Å². The van der Waals surface area contributed by atoms with Crippen LogP contribution in [0, 0.1) is 25.2 Å². The molecule has 0 aliphatic heterocycles. The fourth-order valence-corrected chi connectivity index (χ4v) is 1.11. The van der Waals surface area contributed by atoms with Crippen molar-refractivity contribution in [1.29, 1.82) is 5.26 Å². The number of hydrogen-bond acceptors (Lipinski definition) is 4. The Hall–Kier alpha value is -1.96. The summed E-state index contributed by atoms with van der Waals surface area (Å²) in [6.45, 7) is 5.45. The van der Waals surface area contributed by atoms with Crippen LogP contribution < -0.4 is 5.32 Å². The predicted octanol–water partition coefficient (Wildman–Crippen LogP) is 2.34. The van der Waals surface area contributed by atoms with E-state index in [0.717, 1.165) is 5.56 Å². The second-order valence-corrected chi connectivity index (χ2v) is 2.94. The summed E-state index contributed by atoms with van der Waals surface area (Å²) in [5.41, 5.74) is 1.06. The molecule has 0 unspecified atom stereocenters. The first-order valence-electron chi connectivity index (χ1n) is 4.54.